The molecule has 27 heteroatoms. The first-order valence-electron chi connectivity index (χ1n) is 27.7. The number of aromatic amines is 1. The lowest BCUT2D eigenvalue weighted by Crippen LogP contribution is -2.44. The number of furan rings is 1. The zero-order valence-corrected chi connectivity index (χ0v) is 50.3. The molecule has 5 heterocycles. The van der Waals surface area contributed by atoms with Gasteiger partial charge in [0.2, 0.25) is 28.6 Å². The number of fused-ring (bicyclic) bond motifs is 2. The maximum absolute atomic E-state index is 14.0. The van der Waals surface area contributed by atoms with Gasteiger partial charge in [-0.2, -0.15) is 13.5 Å². The van der Waals surface area contributed by atoms with E-state index >= 15 is 0 Å². The molecule has 1 aliphatic heterocycles. The highest BCUT2D eigenvalue weighted by atomic mass is 35.5. The van der Waals surface area contributed by atoms with Crippen LogP contribution >= 0.6 is 23.2 Å². The molecule has 0 saturated carbocycles. The molecule has 8 rings (SSSR count). The fourth-order valence-corrected chi connectivity index (χ4v) is 11.3. The van der Waals surface area contributed by atoms with E-state index in [1.54, 1.807) is 55.8 Å². The van der Waals surface area contributed by atoms with E-state index in [0.29, 0.717) is 139 Å². The first-order valence-corrected chi connectivity index (χ1v) is 29.9. The van der Waals surface area contributed by atoms with Gasteiger partial charge >= 0.3 is 5.97 Å². The molecule has 0 spiro atoms. The van der Waals surface area contributed by atoms with Crippen molar-refractivity contribution in [3.05, 3.63) is 126 Å². The topological polar surface area (TPSA) is 320 Å². The third-order valence-electron chi connectivity index (χ3n) is 14.2. The van der Waals surface area contributed by atoms with Crippen LogP contribution in [-0.4, -0.2) is 134 Å². The van der Waals surface area contributed by atoms with Gasteiger partial charge in [0.25, 0.3) is 27.4 Å². The lowest BCUT2D eigenvalue weighted by atomic mass is 9.98. The number of pyridine rings is 1. The monoisotopic (exact) mass is 1240 g/mol. The number of ether oxygens (including phenoxy) is 5. The number of hydrogen-bond donors (Lipinski definition) is 6. The third-order valence-corrected chi connectivity index (χ3v) is 16.3. The van der Waals surface area contributed by atoms with Crippen molar-refractivity contribution >= 4 is 90.5 Å². The Bertz CT molecular complexity index is 3870. The van der Waals surface area contributed by atoms with Gasteiger partial charge < -0.3 is 48.8 Å². The fourth-order valence-electron chi connectivity index (χ4n) is 10.0. The van der Waals surface area contributed by atoms with E-state index < -0.39 is 44.7 Å². The number of nitrogens with one attached hydrogen (secondary N) is 5. The van der Waals surface area contributed by atoms with E-state index in [-0.39, 0.29) is 73.0 Å². The summed E-state index contributed by atoms with van der Waals surface area (Å²) in [5.74, 6) is -3.80. The van der Waals surface area contributed by atoms with Crippen LogP contribution in [0, 0.1) is 34.6 Å². The number of carboxylic acid groups (broad SMARTS) is 1. The number of carbonyl (C=O) groups excluding carboxylic acids is 5. The number of aromatic nitrogens is 4. The largest absolute Gasteiger partial charge is 0.494 e. The Morgan fingerprint density at radius 2 is 1.42 bits per heavy atom. The van der Waals surface area contributed by atoms with Crippen molar-refractivity contribution in [3.63, 3.8) is 0 Å². The lowest BCUT2D eigenvalue weighted by molar-refractivity contribution is -0.135. The zero-order chi connectivity index (χ0) is 61.8. The molecule has 5 amide bonds. The Balaban J connectivity index is 0.748. The summed E-state index contributed by atoms with van der Waals surface area (Å²) in [6.45, 7) is 11.7. The van der Waals surface area contributed by atoms with Gasteiger partial charge in [-0.15, -0.1) is 0 Å². The van der Waals surface area contributed by atoms with E-state index in [0.717, 1.165) is 28.6 Å². The van der Waals surface area contributed by atoms with Gasteiger partial charge in [-0.1, -0.05) is 29.3 Å². The molecule has 3 aromatic carbocycles. The summed E-state index contributed by atoms with van der Waals surface area (Å²) in [5.41, 5.74) is 5.43. The molecular formula is C59H66Cl2N8O16S. The lowest BCUT2D eigenvalue weighted by Gasteiger charge is -2.25. The molecule has 4 aromatic heterocycles. The fraction of sp³-hybridized carbons (Fsp3) is 0.390. The van der Waals surface area contributed by atoms with E-state index in [1.807, 2.05) is 30.7 Å². The number of imide groups is 1. The molecule has 1 unspecified atom stereocenters. The predicted octanol–water partition coefficient (Wildman–Crippen LogP) is 6.74. The zero-order valence-electron chi connectivity index (χ0n) is 47.9. The number of aryl methyl sites for hydroxylation is 5. The van der Waals surface area contributed by atoms with Crippen LogP contribution in [-0.2, 0) is 56.4 Å². The summed E-state index contributed by atoms with van der Waals surface area (Å²) < 4.78 is 65.2. The molecule has 458 valence electrons. The van der Waals surface area contributed by atoms with Crippen LogP contribution in [0.4, 0.5) is 0 Å². The van der Waals surface area contributed by atoms with Gasteiger partial charge in [-0.25, -0.2) is 9.52 Å². The summed E-state index contributed by atoms with van der Waals surface area (Å²) in [6, 6.07) is 14.6. The van der Waals surface area contributed by atoms with Crippen molar-refractivity contribution in [2.24, 2.45) is 0 Å². The maximum atomic E-state index is 14.0. The molecule has 1 atom stereocenters. The van der Waals surface area contributed by atoms with Crippen molar-refractivity contribution < 1.29 is 70.4 Å². The molecule has 7 aromatic rings. The van der Waals surface area contributed by atoms with Crippen LogP contribution in [0.5, 0.6) is 11.5 Å². The van der Waals surface area contributed by atoms with Crippen molar-refractivity contribution in [3.8, 4) is 22.6 Å². The van der Waals surface area contributed by atoms with Crippen LogP contribution < -0.4 is 35.7 Å². The van der Waals surface area contributed by atoms with Crippen LogP contribution in [0.3, 0.4) is 0 Å². The Morgan fingerprint density at radius 3 is 2.08 bits per heavy atom. The molecular weight excluding hydrogens is 1180 g/mol. The van der Waals surface area contributed by atoms with Crippen LogP contribution in [0.1, 0.15) is 92.8 Å². The number of hydrogen-bond acceptors (Lipinski definition) is 16. The number of piperidine rings is 1. The van der Waals surface area contributed by atoms with Gasteiger partial charge in [0.15, 0.2) is 6.61 Å². The van der Waals surface area contributed by atoms with E-state index in [1.165, 1.54) is 10.6 Å². The Hall–Kier alpha value is -8.07. The molecule has 0 radical (unpaired) electrons. The highest BCUT2D eigenvalue weighted by Gasteiger charge is 2.32. The highest BCUT2D eigenvalue weighted by molar-refractivity contribution is 7.90. The first-order chi connectivity index (χ1) is 41.1. The normalized spacial score (nSPS) is 13.5. The second-order valence-electron chi connectivity index (χ2n) is 20.4. The minimum absolute atomic E-state index is 0.0951. The summed E-state index contributed by atoms with van der Waals surface area (Å²) in [5, 5.41) is 23.4. The molecule has 1 fully saturated rings. The van der Waals surface area contributed by atoms with Crippen LogP contribution in [0.15, 0.2) is 75.0 Å². The number of amides is 5. The molecule has 86 heavy (non-hydrogen) atoms. The summed E-state index contributed by atoms with van der Waals surface area (Å²) in [7, 11) is -4.68. The van der Waals surface area contributed by atoms with Gasteiger partial charge in [0.05, 0.1) is 54.8 Å². The number of carboxylic acids is 1. The van der Waals surface area contributed by atoms with Crippen molar-refractivity contribution in [1.82, 2.24) is 40.0 Å². The molecule has 24 nitrogen and oxygen atoms in total. The predicted molar refractivity (Wildman–Crippen MR) is 317 cm³/mol. The Kier molecular flexibility index (Phi) is 21.5. The number of aromatic carboxylic acids is 1. The van der Waals surface area contributed by atoms with Crippen LogP contribution in [0.2, 0.25) is 10.0 Å². The number of H-pyrrole nitrogens is 1. The average Bonchev–Trinajstić information content (AvgIpc) is 1.54. The summed E-state index contributed by atoms with van der Waals surface area (Å²) >= 11 is 13.3. The Morgan fingerprint density at radius 1 is 0.756 bits per heavy atom. The van der Waals surface area contributed by atoms with Gasteiger partial charge in [0.1, 0.15) is 29.8 Å². The summed E-state index contributed by atoms with van der Waals surface area (Å²) in [6.07, 6.45) is 2.01. The van der Waals surface area contributed by atoms with Gasteiger partial charge in [0, 0.05) is 77.5 Å². The van der Waals surface area contributed by atoms with Crippen molar-refractivity contribution in [2.45, 2.75) is 90.8 Å². The quantitative estimate of drug-likeness (QED) is 0.0201. The number of sulfonamides is 1. The van der Waals surface area contributed by atoms with Crippen molar-refractivity contribution in [2.75, 3.05) is 65.9 Å². The first kappa shape index (κ1) is 63.9. The second-order valence-corrected chi connectivity index (χ2v) is 22.8. The second kappa shape index (κ2) is 28.9. The average molecular weight is 1250 g/mol. The third kappa shape index (κ3) is 15.7. The van der Waals surface area contributed by atoms with E-state index in [4.69, 9.17) is 51.3 Å². The number of benzene rings is 3. The van der Waals surface area contributed by atoms with E-state index in [9.17, 15) is 47.1 Å². The van der Waals surface area contributed by atoms with Gasteiger partial charge in [-0.05, 0) is 131 Å². The molecule has 0 bridgehead atoms. The standard InChI is InChI=1S/C59H66Cl2N8O16S/c1-33-29-50(73)69(44-14-16-47(70)64-57(44)74)45-30-38(10-11-40(33)45)84-32-49(72)63-19-8-21-81-24-26-82-25-23-80-20-7-18-62-48(71)31-68-37(5)52(36(4)66-68)53-43(60)13-12-42-41(9-6-22-83-39-27-34(2)54(61)35(3)28-39)56(65-55(42)53)58(75)67-86(78,79)51-17-15-46(85-51)59(76)77/h10-13,15,17,27-30,44,65H,6-9,14,16,18-26,31-32H2,1-5H3,(H,62,71)(H,63,72)(H,67,75)(H,76,77)(H,64,70,74). The van der Waals surface area contributed by atoms with Crippen LogP contribution in [0.25, 0.3) is 32.9 Å². The number of nitrogens with zero attached hydrogens (tertiary/aromatic N) is 3. The smallest absolute Gasteiger partial charge is 0.371 e. The summed E-state index contributed by atoms with van der Waals surface area (Å²) in [4.78, 5) is 91.7. The van der Waals surface area contributed by atoms with Gasteiger partial charge in [-0.3, -0.25) is 43.3 Å². The minimum atomic E-state index is -4.68. The minimum Gasteiger partial charge on any atom is -0.494 e. The number of carbonyl (C=O) groups is 6. The molecule has 1 saturated heterocycles. The maximum Gasteiger partial charge on any atom is 0.371 e. The van der Waals surface area contributed by atoms with Crippen molar-refractivity contribution in [1.29, 1.82) is 0 Å². The van der Waals surface area contributed by atoms with E-state index in [2.05, 4.69) is 26.0 Å². The molecule has 1 aliphatic rings. The highest BCUT2D eigenvalue weighted by Crippen LogP contribution is 2.41. The Labute approximate surface area is 504 Å². The molecule has 0 aliphatic carbocycles. The number of halogens is 2. The number of rotatable bonds is 30. The SMILES string of the molecule is Cc1cc(OCCCc2c(C(=O)NS(=O)(=O)c3ccc(C(=O)O)o3)[nH]c3c(-c4c(C)nn(CC(=O)NCCCOCCOCCOCCCNC(=O)COc5ccc6c(C)cc(=O)n(C7CCC(=O)NC7=O)c6c5)c4C)c(Cl)ccc23)cc(C)c1Cl. The molecule has 6 N–H and O–H groups in total.